The summed E-state index contributed by atoms with van der Waals surface area (Å²) in [6.45, 7) is 2.80. The topological polar surface area (TPSA) is 23.5 Å². The number of aliphatic hydroxyl groups excluding tert-OH is 1. The lowest BCUT2D eigenvalue weighted by molar-refractivity contribution is 0.199. The van der Waals surface area contributed by atoms with Crippen LogP contribution in [0.1, 0.15) is 23.5 Å². The fourth-order valence-corrected chi connectivity index (χ4v) is 2.57. The van der Waals surface area contributed by atoms with Crippen molar-refractivity contribution in [3.05, 3.63) is 52.2 Å². The summed E-state index contributed by atoms with van der Waals surface area (Å²) < 4.78 is 0. The zero-order valence-corrected chi connectivity index (χ0v) is 11.7. The van der Waals surface area contributed by atoms with Crippen molar-refractivity contribution in [3.8, 4) is 0 Å². The van der Waals surface area contributed by atoms with Gasteiger partial charge < -0.3 is 10.0 Å². The molecule has 3 heteroatoms. The fourth-order valence-electron chi connectivity index (χ4n) is 1.87. The Balaban J connectivity index is 1.94. The van der Waals surface area contributed by atoms with E-state index in [-0.39, 0.29) is 0 Å². The molecule has 0 amide bonds. The van der Waals surface area contributed by atoms with E-state index in [0.29, 0.717) is 0 Å². The second-order valence-electron chi connectivity index (χ2n) is 4.52. The number of aliphatic hydroxyl groups is 1. The van der Waals surface area contributed by atoms with Gasteiger partial charge in [0.1, 0.15) is 0 Å². The molecule has 1 N–H and O–H groups in total. The lowest BCUT2D eigenvalue weighted by Crippen LogP contribution is -2.19. The van der Waals surface area contributed by atoms with Crippen LogP contribution in [0.25, 0.3) is 0 Å². The van der Waals surface area contributed by atoms with Crippen LogP contribution in [0.2, 0.25) is 0 Å². The Morgan fingerprint density at radius 2 is 1.94 bits per heavy atom. The molecule has 0 saturated heterocycles. The highest BCUT2D eigenvalue weighted by atomic mass is 32.1. The lowest BCUT2D eigenvalue weighted by Gasteiger charge is -2.19. The third-order valence-electron chi connectivity index (χ3n) is 3.09. The third-order valence-corrected chi connectivity index (χ3v) is 4.03. The van der Waals surface area contributed by atoms with Crippen molar-refractivity contribution >= 4 is 17.0 Å². The second-order valence-corrected chi connectivity index (χ2v) is 5.55. The molecule has 1 atom stereocenters. The smallest absolute Gasteiger partial charge is 0.0761 e. The maximum Gasteiger partial charge on any atom is 0.0761 e. The highest BCUT2D eigenvalue weighted by Gasteiger charge is 2.04. The van der Waals surface area contributed by atoms with E-state index in [4.69, 9.17) is 0 Å². The summed E-state index contributed by atoms with van der Waals surface area (Å²) in [5.74, 6) is 0. The molecule has 1 aromatic carbocycles. The molecule has 0 bridgehead atoms. The first-order chi connectivity index (χ1) is 8.66. The normalized spacial score (nSPS) is 12.4. The maximum absolute atomic E-state index is 9.47. The molecule has 0 aliphatic rings. The number of rotatable bonds is 5. The molecular weight excluding hydrogens is 242 g/mol. The molecule has 1 heterocycles. The number of thiophene rings is 1. The van der Waals surface area contributed by atoms with Gasteiger partial charge in [0.25, 0.3) is 0 Å². The summed E-state index contributed by atoms with van der Waals surface area (Å²) in [7, 11) is 2.10. The summed E-state index contributed by atoms with van der Waals surface area (Å²) in [5, 5.41) is 11.6. The van der Waals surface area contributed by atoms with E-state index in [1.807, 2.05) is 12.1 Å². The quantitative estimate of drug-likeness (QED) is 0.890. The second kappa shape index (κ2) is 6.03. The number of likely N-dealkylation sites (N-methyl/N-ethyl adjacent to an activating group) is 1. The molecular formula is C15H19NOS. The Kier molecular flexibility index (Phi) is 4.39. The van der Waals surface area contributed by atoms with Gasteiger partial charge in [-0.3, -0.25) is 0 Å². The molecule has 0 spiro atoms. The van der Waals surface area contributed by atoms with Crippen molar-refractivity contribution in [3.63, 3.8) is 0 Å². The minimum Gasteiger partial charge on any atom is -0.389 e. The van der Waals surface area contributed by atoms with Crippen molar-refractivity contribution in [2.75, 3.05) is 18.5 Å². The minimum atomic E-state index is -0.393. The molecule has 0 aliphatic heterocycles. The van der Waals surface area contributed by atoms with Crippen LogP contribution in [-0.4, -0.2) is 18.7 Å². The van der Waals surface area contributed by atoms with E-state index in [0.717, 1.165) is 18.5 Å². The van der Waals surface area contributed by atoms with Crippen LogP contribution in [0.5, 0.6) is 0 Å². The Labute approximate surface area is 113 Å². The largest absolute Gasteiger partial charge is 0.389 e. The van der Waals surface area contributed by atoms with Crippen molar-refractivity contribution in [2.45, 2.75) is 19.4 Å². The zero-order chi connectivity index (χ0) is 13.0. The van der Waals surface area contributed by atoms with Gasteiger partial charge in [-0.05, 0) is 42.5 Å². The summed E-state index contributed by atoms with van der Waals surface area (Å²) in [6.07, 6.45) is 0.683. The van der Waals surface area contributed by atoms with Gasteiger partial charge in [0.15, 0.2) is 0 Å². The highest BCUT2D eigenvalue weighted by molar-refractivity contribution is 7.09. The molecule has 0 aliphatic carbocycles. The molecule has 1 aromatic heterocycles. The fraction of sp³-hybridized carbons (Fsp3) is 0.333. The SMILES string of the molecule is C[C@@H](O)c1ccc(N(C)CCc2cccs2)cc1. The predicted octanol–water partition coefficient (Wildman–Crippen LogP) is 3.48. The van der Waals surface area contributed by atoms with Gasteiger partial charge in [0.05, 0.1) is 6.10 Å². The predicted molar refractivity (Wildman–Crippen MR) is 78.4 cm³/mol. The van der Waals surface area contributed by atoms with Gasteiger partial charge in [-0.15, -0.1) is 11.3 Å². The van der Waals surface area contributed by atoms with Crippen molar-refractivity contribution in [1.82, 2.24) is 0 Å². The number of nitrogens with zero attached hydrogens (tertiary/aromatic N) is 1. The summed E-state index contributed by atoms with van der Waals surface area (Å²) in [5.41, 5.74) is 2.15. The summed E-state index contributed by atoms with van der Waals surface area (Å²) in [4.78, 5) is 3.66. The van der Waals surface area contributed by atoms with E-state index >= 15 is 0 Å². The molecule has 0 fully saturated rings. The van der Waals surface area contributed by atoms with Gasteiger partial charge in [-0.2, -0.15) is 0 Å². The molecule has 0 radical (unpaired) electrons. The minimum absolute atomic E-state index is 0.393. The lowest BCUT2D eigenvalue weighted by atomic mass is 10.1. The molecule has 2 aromatic rings. The molecule has 0 saturated carbocycles. The van der Waals surface area contributed by atoms with E-state index in [1.54, 1.807) is 18.3 Å². The van der Waals surface area contributed by atoms with Gasteiger partial charge in [-0.1, -0.05) is 18.2 Å². The highest BCUT2D eigenvalue weighted by Crippen LogP contribution is 2.19. The summed E-state index contributed by atoms with van der Waals surface area (Å²) >= 11 is 1.81. The van der Waals surface area contributed by atoms with Crippen LogP contribution in [0.3, 0.4) is 0 Å². The standard InChI is InChI=1S/C15H19NOS/c1-12(17)13-5-7-14(8-6-13)16(2)10-9-15-4-3-11-18-15/h3-8,11-12,17H,9-10H2,1-2H3/t12-/m1/s1. The Morgan fingerprint density at radius 3 is 2.50 bits per heavy atom. The van der Waals surface area contributed by atoms with E-state index in [1.165, 1.54) is 10.6 Å². The average molecular weight is 261 g/mol. The van der Waals surface area contributed by atoms with Crippen molar-refractivity contribution < 1.29 is 5.11 Å². The summed E-state index contributed by atoms with van der Waals surface area (Å²) in [6, 6.07) is 12.4. The molecule has 0 unspecified atom stereocenters. The number of anilines is 1. The first-order valence-corrected chi connectivity index (χ1v) is 7.06. The van der Waals surface area contributed by atoms with E-state index in [2.05, 4.69) is 41.6 Å². The van der Waals surface area contributed by atoms with Crippen LogP contribution in [0.15, 0.2) is 41.8 Å². The molecule has 96 valence electrons. The van der Waals surface area contributed by atoms with Gasteiger partial charge in [0, 0.05) is 24.2 Å². The van der Waals surface area contributed by atoms with Gasteiger partial charge >= 0.3 is 0 Å². The van der Waals surface area contributed by atoms with Crippen LogP contribution >= 0.6 is 11.3 Å². The Morgan fingerprint density at radius 1 is 1.22 bits per heavy atom. The monoisotopic (exact) mass is 261 g/mol. The van der Waals surface area contributed by atoms with Crippen LogP contribution in [0.4, 0.5) is 5.69 Å². The number of benzene rings is 1. The number of hydrogen-bond donors (Lipinski definition) is 1. The van der Waals surface area contributed by atoms with E-state index < -0.39 is 6.10 Å². The van der Waals surface area contributed by atoms with Crippen molar-refractivity contribution in [1.29, 1.82) is 0 Å². The Bertz CT molecular complexity index is 462. The molecule has 2 rings (SSSR count). The van der Waals surface area contributed by atoms with Crippen LogP contribution in [0, 0.1) is 0 Å². The Hall–Kier alpha value is -1.32. The first-order valence-electron chi connectivity index (χ1n) is 6.18. The first kappa shape index (κ1) is 13.1. The number of hydrogen-bond acceptors (Lipinski definition) is 3. The average Bonchev–Trinajstić information content (AvgIpc) is 2.89. The van der Waals surface area contributed by atoms with Gasteiger partial charge in [0.2, 0.25) is 0 Å². The van der Waals surface area contributed by atoms with Gasteiger partial charge in [-0.25, -0.2) is 0 Å². The molecule has 18 heavy (non-hydrogen) atoms. The zero-order valence-electron chi connectivity index (χ0n) is 10.8. The third kappa shape index (κ3) is 3.34. The maximum atomic E-state index is 9.47. The van der Waals surface area contributed by atoms with Crippen molar-refractivity contribution in [2.24, 2.45) is 0 Å². The molecule has 2 nitrogen and oxygen atoms in total. The van der Waals surface area contributed by atoms with E-state index in [9.17, 15) is 5.11 Å². The van der Waals surface area contributed by atoms with Crippen LogP contribution in [-0.2, 0) is 6.42 Å². The van der Waals surface area contributed by atoms with Crippen LogP contribution < -0.4 is 4.90 Å².